The normalized spacial score (nSPS) is 15.3. The highest BCUT2D eigenvalue weighted by atomic mass is 16.3. The minimum absolute atomic E-state index is 0.0986. The second-order valence-electron chi connectivity index (χ2n) is 6.07. The van der Waals surface area contributed by atoms with Crippen molar-refractivity contribution in [3.63, 3.8) is 0 Å². The summed E-state index contributed by atoms with van der Waals surface area (Å²) in [5.74, 6) is 0.924. The van der Waals surface area contributed by atoms with Gasteiger partial charge in [-0.15, -0.1) is 0 Å². The summed E-state index contributed by atoms with van der Waals surface area (Å²) in [6.07, 6.45) is 1.69. The van der Waals surface area contributed by atoms with Crippen molar-refractivity contribution < 1.29 is 9.90 Å². The first-order valence-corrected chi connectivity index (χ1v) is 8.01. The van der Waals surface area contributed by atoms with E-state index < -0.39 is 0 Å². The van der Waals surface area contributed by atoms with Gasteiger partial charge in [-0.1, -0.05) is 0 Å². The van der Waals surface area contributed by atoms with Crippen LogP contribution in [0, 0.1) is 0 Å². The van der Waals surface area contributed by atoms with Crippen molar-refractivity contribution in [2.45, 2.75) is 0 Å². The molecule has 24 heavy (non-hydrogen) atoms. The number of piperazine rings is 1. The van der Waals surface area contributed by atoms with Gasteiger partial charge in [-0.25, -0.2) is 4.98 Å². The minimum Gasteiger partial charge on any atom is -0.508 e. The van der Waals surface area contributed by atoms with Crippen molar-refractivity contribution in [2.75, 3.05) is 50.1 Å². The minimum atomic E-state index is -0.0986. The van der Waals surface area contributed by atoms with Crippen LogP contribution in [0.2, 0.25) is 0 Å². The SMILES string of the molecule is CN1CCN(c2cc(C(=O)N(C)c3ccc(O)cc3)ccn2)CC1. The number of carbonyl (C=O) groups is 1. The highest BCUT2D eigenvalue weighted by Gasteiger charge is 2.18. The van der Waals surface area contributed by atoms with Crippen molar-refractivity contribution in [1.82, 2.24) is 9.88 Å². The molecule has 0 saturated carbocycles. The lowest BCUT2D eigenvalue weighted by Gasteiger charge is -2.33. The Labute approximate surface area is 141 Å². The molecule has 0 atom stereocenters. The Hall–Kier alpha value is -2.60. The maximum absolute atomic E-state index is 12.7. The van der Waals surface area contributed by atoms with Crippen LogP contribution in [0.5, 0.6) is 5.75 Å². The number of carbonyl (C=O) groups excluding carboxylic acids is 1. The molecule has 1 saturated heterocycles. The summed E-state index contributed by atoms with van der Waals surface area (Å²) >= 11 is 0. The second kappa shape index (κ2) is 6.88. The quantitative estimate of drug-likeness (QED) is 0.932. The number of aromatic nitrogens is 1. The van der Waals surface area contributed by atoms with Gasteiger partial charge in [-0.3, -0.25) is 4.79 Å². The topological polar surface area (TPSA) is 59.9 Å². The number of rotatable bonds is 3. The predicted molar refractivity (Wildman–Crippen MR) is 94.8 cm³/mol. The first-order valence-electron chi connectivity index (χ1n) is 8.01. The maximum atomic E-state index is 12.7. The van der Waals surface area contributed by atoms with Gasteiger partial charge in [-0.05, 0) is 43.4 Å². The summed E-state index contributed by atoms with van der Waals surface area (Å²) in [7, 11) is 3.84. The number of aromatic hydroxyl groups is 1. The van der Waals surface area contributed by atoms with Crippen molar-refractivity contribution in [3.8, 4) is 5.75 Å². The molecule has 126 valence electrons. The number of phenolic OH excluding ortho intramolecular Hbond substituents is 1. The lowest BCUT2D eigenvalue weighted by atomic mass is 10.2. The summed E-state index contributed by atoms with van der Waals surface area (Å²) in [5, 5.41) is 9.37. The van der Waals surface area contributed by atoms with E-state index in [1.54, 1.807) is 48.5 Å². The molecule has 1 aliphatic heterocycles. The molecule has 2 aromatic rings. The third kappa shape index (κ3) is 3.49. The molecule has 1 N–H and O–H groups in total. The zero-order valence-corrected chi connectivity index (χ0v) is 14.0. The molecule has 6 heteroatoms. The Balaban J connectivity index is 1.77. The van der Waals surface area contributed by atoms with Gasteiger partial charge in [0.25, 0.3) is 5.91 Å². The molecule has 0 spiro atoms. The Bertz CT molecular complexity index is 709. The molecule has 0 bridgehead atoms. The Morgan fingerprint density at radius 1 is 1.12 bits per heavy atom. The zero-order valence-electron chi connectivity index (χ0n) is 14.0. The average Bonchev–Trinajstić information content (AvgIpc) is 2.62. The fourth-order valence-electron chi connectivity index (χ4n) is 2.75. The molecule has 3 rings (SSSR count). The molecule has 0 aliphatic carbocycles. The molecule has 0 unspecified atom stereocenters. The van der Waals surface area contributed by atoms with Crippen molar-refractivity contribution in [3.05, 3.63) is 48.2 Å². The highest BCUT2D eigenvalue weighted by molar-refractivity contribution is 6.06. The van der Waals surface area contributed by atoms with Gasteiger partial charge in [0.1, 0.15) is 11.6 Å². The fourth-order valence-corrected chi connectivity index (χ4v) is 2.75. The van der Waals surface area contributed by atoms with E-state index in [4.69, 9.17) is 0 Å². The average molecular weight is 326 g/mol. The van der Waals surface area contributed by atoms with Crippen LogP contribution in [0.3, 0.4) is 0 Å². The van der Waals surface area contributed by atoms with E-state index in [-0.39, 0.29) is 11.7 Å². The molecule has 1 amide bonds. The number of anilines is 2. The van der Waals surface area contributed by atoms with Crippen molar-refractivity contribution in [2.24, 2.45) is 0 Å². The molecule has 1 aromatic carbocycles. The summed E-state index contributed by atoms with van der Waals surface area (Å²) in [4.78, 5) is 23.2. The summed E-state index contributed by atoms with van der Waals surface area (Å²) < 4.78 is 0. The zero-order chi connectivity index (χ0) is 17.1. The molecule has 1 fully saturated rings. The van der Waals surface area contributed by atoms with E-state index in [0.29, 0.717) is 5.56 Å². The van der Waals surface area contributed by atoms with Crippen LogP contribution in [-0.2, 0) is 0 Å². The maximum Gasteiger partial charge on any atom is 0.258 e. The fraction of sp³-hybridized carbons (Fsp3) is 0.333. The molecule has 2 heterocycles. The van der Waals surface area contributed by atoms with Crippen molar-refractivity contribution in [1.29, 1.82) is 0 Å². The standard InChI is InChI=1S/C18H22N4O2/c1-20-9-11-22(12-10-20)17-13-14(7-8-19-17)18(24)21(2)15-3-5-16(23)6-4-15/h3-8,13,23H,9-12H2,1-2H3. The highest BCUT2D eigenvalue weighted by Crippen LogP contribution is 2.21. The van der Waals surface area contributed by atoms with Gasteiger partial charge in [0.05, 0.1) is 0 Å². The Morgan fingerprint density at radius 3 is 2.46 bits per heavy atom. The van der Waals surface area contributed by atoms with Gasteiger partial charge in [0, 0.05) is 50.7 Å². The number of phenols is 1. The van der Waals surface area contributed by atoms with E-state index in [1.807, 2.05) is 6.07 Å². The van der Waals surface area contributed by atoms with Crippen LogP contribution in [0.15, 0.2) is 42.6 Å². The third-order valence-corrected chi connectivity index (χ3v) is 4.36. The van der Waals surface area contributed by atoms with Gasteiger partial charge in [0.2, 0.25) is 0 Å². The smallest absolute Gasteiger partial charge is 0.258 e. The summed E-state index contributed by atoms with van der Waals surface area (Å²) in [5.41, 5.74) is 1.34. The lowest BCUT2D eigenvalue weighted by molar-refractivity contribution is 0.0993. The lowest BCUT2D eigenvalue weighted by Crippen LogP contribution is -2.44. The van der Waals surface area contributed by atoms with Crippen LogP contribution in [0.25, 0.3) is 0 Å². The first kappa shape index (κ1) is 16.3. The number of hydrogen-bond donors (Lipinski definition) is 1. The predicted octanol–water partition coefficient (Wildman–Crippen LogP) is 1.82. The van der Waals surface area contributed by atoms with E-state index in [2.05, 4.69) is 21.8 Å². The van der Waals surface area contributed by atoms with E-state index in [1.165, 1.54) is 0 Å². The third-order valence-electron chi connectivity index (χ3n) is 4.36. The molecular weight excluding hydrogens is 304 g/mol. The van der Waals surface area contributed by atoms with E-state index in [9.17, 15) is 9.90 Å². The number of pyridine rings is 1. The summed E-state index contributed by atoms with van der Waals surface area (Å²) in [6.45, 7) is 3.81. The van der Waals surface area contributed by atoms with Crippen LogP contribution in [0.1, 0.15) is 10.4 Å². The van der Waals surface area contributed by atoms with Crippen LogP contribution < -0.4 is 9.80 Å². The van der Waals surface area contributed by atoms with E-state index >= 15 is 0 Å². The summed E-state index contributed by atoms with van der Waals surface area (Å²) in [6, 6.07) is 10.2. The van der Waals surface area contributed by atoms with Gasteiger partial charge in [-0.2, -0.15) is 0 Å². The molecular formula is C18H22N4O2. The number of likely N-dealkylation sites (N-methyl/N-ethyl adjacent to an activating group) is 1. The molecule has 1 aliphatic rings. The first-order chi connectivity index (χ1) is 11.5. The number of amides is 1. The van der Waals surface area contributed by atoms with Crippen molar-refractivity contribution >= 4 is 17.4 Å². The molecule has 0 radical (unpaired) electrons. The van der Waals surface area contributed by atoms with E-state index in [0.717, 1.165) is 37.7 Å². The number of hydrogen-bond acceptors (Lipinski definition) is 5. The van der Waals surface area contributed by atoms with Crippen LogP contribution in [-0.4, -0.2) is 61.2 Å². The van der Waals surface area contributed by atoms with Crippen LogP contribution in [0.4, 0.5) is 11.5 Å². The largest absolute Gasteiger partial charge is 0.508 e. The van der Waals surface area contributed by atoms with Gasteiger partial charge in [0.15, 0.2) is 0 Å². The molecule has 6 nitrogen and oxygen atoms in total. The number of nitrogens with zero attached hydrogens (tertiary/aromatic N) is 4. The van der Waals surface area contributed by atoms with Gasteiger partial charge >= 0.3 is 0 Å². The molecule has 1 aromatic heterocycles. The van der Waals surface area contributed by atoms with Gasteiger partial charge < -0.3 is 19.8 Å². The Morgan fingerprint density at radius 2 is 1.79 bits per heavy atom. The number of benzene rings is 1. The second-order valence-corrected chi connectivity index (χ2v) is 6.07. The monoisotopic (exact) mass is 326 g/mol. The van der Waals surface area contributed by atoms with Crippen LogP contribution >= 0.6 is 0 Å². The Kier molecular flexibility index (Phi) is 4.66.